The second-order valence-electron chi connectivity index (χ2n) is 3.07. The Hall–Kier alpha value is -0.220. The Bertz CT molecular complexity index is 248. The molecule has 66 valence electrons. The number of rotatable bonds is 4. The Morgan fingerprint density at radius 2 is 2.58 bits per heavy atom. The van der Waals surface area contributed by atoms with Crippen LogP contribution in [0.4, 0.5) is 0 Å². The van der Waals surface area contributed by atoms with Crippen molar-refractivity contribution in [3.63, 3.8) is 0 Å². The number of hydrogen-bond acceptors (Lipinski definition) is 3. The van der Waals surface area contributed by atoms with Crippen LogP contribution in [0, 0.1) is 5.41 Å². The monoisotopic (exact) mass is 246 g/mol. The Labute approximate surface area is 85.2 Å². The summed E-state index contributed by atoms with van der Waals surface area (Å²) in [5.41, 5.74) is 1.14. The third kappa shape index (κ3) is 2.38. The number of halogens is 1. The van der Waals surface area contributed by atoms with E-state index in [1.54, 1.807) is 0 Å². The number of hydrogen-bond donors (Lipinski definition) is 0. The average Bonchev–Trinajstić information content (AvgIpc) is 2.57. The van der Waals surface area contributed by atoms with Gasteiger partial charge in [0.1, 0.15) is 0 Å². The van der Waals surface area contributed by atoms with Gasteiger partial charge in [-0.1, -0.05) is 28.9 Å². The van der Waals surface area contributed by atoms with Crippen LogP contribution >= 0.6 is 27.7 Å². The van der Waals surface area contributed by atoms with Gasteiger partial charge in [-0.15, -0.1) is 6.58 Å². The van der Waals surface area contributed by atoms with Gasteiger partial charge in [-0.05, 0) is 0 Å². The summed E-state index contributed by atoms with van der Waals surface area (Å²) in [7, 11) is 0. The van der Waals surface area contributed by atoms with Gasteiger partial charge in [-0.3, -0.25) is 0 Å². The van der Waals surface area contributed by atoms with Crippen molar-refractivity contribution in [2.75, 3.05) is 5.33 Å². The van der Waals surface area contributed by atoms with Crippen LogP contribution in [0.3, 0.4) is 0 Å². The third-order valence-corrected chi connectivity index (χ3v) is 3.59. The summed E-state index contributed by atoms with van der Waals surface area (Å²) < 4.78 is 8.11. The molecular weight excluding hydrogens is 236 g/mol. The Balaban J connectivity index is 2.66. The molecule has 0 saturated heterocycles. The van der Waals surface area contributed by atoms with Gasteiger partial charge in [-0.2, -0.15) is 8.75 Å². The van der Waals surface area contributed by atoms with Gasteiger partial charge < -0.3 is 0 Å². The molecule has 0 N–H and O–H groups in total. The van der Waals surface area contributed by atoms with E-state index in [1.165, 1.54) is 11.7 Å². The number of allylic oxidation sites excluding steroid dienone is 1. The van der Waals surface area contributed by atoms with E-state index >= 15 is 0 Å². The van der Waals surface area contributed by atoms with E-state index in [2.05, 4.69) is 38.2 Å². The number of nitrogens with zero attached hydrogens (tertiary/aromatic N) is 2. The maximum atomic E-state index is 4.16. The van der Waals surface area contributed by atoms with Crippen LogP contribution in [0.5, 0.6) is 0 Å². The molecule has 0 amide bonds. The van der Waals surface area contributed by atoms with Crippen LogP contribution in [-0.2, 0) is 6.42 Å². The van der Waals surface area contributed by atoms with Gasteiger partial charge in [0.05, 0.1) is 23.6 Å². The Morgan fingerprint density at radius 1 is 1.83 bits per heavy atom. The highest BCUT2D eigenvalue weighted by Crippen LogP contribution is 2.25. The van der Waals surface area contributed by atoms with Crippen LogP contribution in [0.1, 0.15) is 12.6 Å². The van der Waals surface area contributed by atoms with Crippen LogP contribution in [0.2, 0.25) is 0 Å². The van der Waals surface area contributed by atoms with Crippen molar-refractivity contribution in [1.29, 1.82) is 0 Å². The van der Waals surface area contributed by atoms with Gasteiger partial charge in [0.2, 0.25) is 0 Å². The summed E-state index contributed by atoms with van der Waals surface area (Å²) >= 11 is 4.71. The van der Waals surface area contributed by atoms with Crippen molar-refractivity contribution in [1.82, 2.24) is 8.75 Å². The molecule has 1 aromatic rings. The van der Waals surface area contributed by atoms with E-state index in [-0.39, 0.29) is 5.41 Å². The molecule has 0 aliphatic carbocycles. The lowest BCUT2D eigenvalue weighted by Gasteiger charge is -2.20. The Morgan fingerprint density at radius 3 is 3.00 bits per heavy atom. The summed E-state index contributed by atoms with van der Waals surface area (Å²) in [6.07, 6.45) is 4.68. The van der Waals surface area contributed by atoms with Gasteiger partial charge in [0.15, 0.2) is 0 Å². The van der Waals surface area contributed by atoms with E-state index in [0.29, 0.717) is 0 Å². The van der Waals surface area contributed by atoms with Crippen LogP contribution in [-0.4, -0.2) is 14.1 Å². The molecule has 1 unspecified atom stereocenters. The first-order chi connectivity index (χ1) is 5.70. The first-order valence-corrected chi connectivity index (χ1v) is 5.51. The zero-order chi connectivity index (χ0) is 9.03. The second-order valence-corrected chi connectivity index (χ2v) is 4.18. The molecule has 0 fully saturated rings. The molecule has 0 spiro atoms. The molecule has 1 rings (SSSR count). The minimum absolute atomic E-state index is 0.0930. The highest BCUT2D eigenvalue weighted by atomic mass is 79.9. The molecule has 1 atom stereocenters. The smallest absolute Gasteiger partial charge is 0.0751 e. The molecular formula is C8H11BrN2S. The largest absolute Gasteiger partial charge is 0.181 e. The van der Waals surface area contributed by atoms with Crippen LogP contribution in [0.15, 0.2) is 18.9 Å². The first-order valence-electron chi connectivity index (χ1n) is 3.66. The lowest BCUT2D eigenvalue weighted by Crippen LogP contribution is -2.18. The first kappa shape index (κ1) is 9.86. The van der Waals surface area contributed by atoms with E-state index in [9.17, 15) is 0 Å². The molecule has 0 aromatic carbocycles. The van der Waals surface area contributed by atoms with Crippen molar-refractivity contribution in [2.24, 2.45) is 5.41 Å². The minimum Gasteiger partial charge on any atom is -0.181 e. The topological polar surface area (TPSA) is 25.8 Å². The molecule has 0 saturated carbocycles. The molecule has 0 radical (unpaired) electrons. The van der Waals surface area contributed by atoms with Gasteiger partial charge in [-0.25, -0.2) is 0 Å². The lowest BCUT2D eigenvalue weighted by atomic mass is 9.88. The van der Waals surface area contributed by atoms with E-state index in [1.807, 2.05) is 12.3 Å². The summed E-state index contributed by atoms with van der Waals surface area (Å²) in [4.78, 5) is 0. The van der Waals surface area contributed by atoms with Crippen LogP contribution in [0.25, 0.3) is 0 Å². The maximum absolute atomic E-state index is 4.16. The van der Waals surface area contributed by atoms with Gasteiger partial charge in [0.25, 0.3) is 0 Å². The predicted octanol–water partition coefficient (Wildman–Crippen LogP) is 2.67. The number of aromatic nitrogens is 2. The van der Waals surface area contributed by atoms with Crippen molar-refractivity contribution >= 4 is 27.7 Å². The molecule has 1 aromatic heterocycles. The summed E-state index contributed by atoms with van der Waals surface area (Å²) in [6, 6.07) is 0. The zero-order valence-corrected chi connectivity index (χ0v) is 9.36. The highest BCUT2D eigenvalue weighted by Gasteiger charge is 2.20. The molecule has 1 heterocycles. The fourth-order valence-electron chi connectivity index (χ4n) is 0.850. The number of alkyl halides is 1. The zero-order valence-electron chi connectivity index (χ0n) is 6.96. The van der Waals surface area contributed by atoms with Crippen molar-refractivity contribution in [3.05, 3.63) is 24.5 Å². The average molecular weight is 247 g/mol. The molecule has 0 aliphatic rings. The lowest BCUT2D eigenvalue weighted by molar-refractivity contribution is 0.488. The minimum atomic E-state index is 0.0930. The van der Waals surface area contributed by atoms with E-state index in [0.717, 1.165) is 17.4 Å². The molecule has 0 bridgehead atoms. The predicted molar refractivity (Wildman–Crippen MR) is 55.7 cm³/mol. The SMILES string of the molecule is C=CC(C)(CBr)Cc1cnsn1. The molecule has 4 heteroatoms. The summed E-state index contributed by atoms with van der Waals surface area (Å²) in [5.74, 6) is 0. The van der Waals surface area contributed by atoms with Crippen LogP contribution < -0.4 is 0 Å². The molecule has 12 heavy (non-hydrogen) atoms. The fourth-order valence-corrected chi connectivity index (χ4v) is 1.71. The van der Waals surface area contributed by atoms with Gasteiger partial charge in [0, 0.05) is 17.2 Å². The van der Waals surface area contributed by atoms with Crippen molar-refractivity contribution < 1.29 is 0 Å². The van der Waals surface area contributed by atoms with E-state index < -0.39 is 0 Å². The Kier molecular flexibility index (Phi) is 3.40. The van der Waals surface area contributed by atoms with Crippen molar-refractivity contribution in [3.8, 4) is 0 Å². The summed E-state index contributed by atoms with van der Waals surface area (Å²) in [6.45, 7) is 5.96. The fraction of sp³-hybridized carbons (Fsp3) is 0.500. The van der Waals surface area contributed by atoms with Gasteiger partial charge >= 0.3 is 0 Å². The van der Waals surface area contributed by atoms with Crippen molar-refractivity contribution in [2.45, 2.75) is 13.3 Å². The normalized spacial score (nSPS) is 15.5. The van der Waals surface area contributed by atoms with E-state index in [4.69, 9.17) is 0 Å². The summed E-state index contributed by atoms with van der Waals surface area (Å²) in [5, 5.41) is 0.904. The third-order valence-electron chi connectivity index (χ3n) is 1.79. The maximum Gasteiger partial charge on any atom is 0.0751 e. The second kappa shape index (κ2) is 4.14. The molecule has 2 nitrogen and oxygen atoms in total. The molecule has 0 aliphatic heterocycles. The quantitative estimate of drug-likeness (QED) is 0.603. The standard InChI is InChI=1S/C8H11BrN2S/c1-3-8(2,6-9)4-7-5-10-12-11-7/h3,5H,1,4,6H2,2H3. The highest BCUT2D eigenvalue weighted by molar-refractivity contribution is 9.09.